The van der Waals surface area contributed by atoms with Gasteiger partial charge in [-0.05, 0) is 37.2 Å². The summed E-state index contributed by atoms with van der Waals surface area (Å²) >= 11 is 0. The monoisotopic (exact) mass is 249 g/mol. The largest absolute Gasteiger partial charge is 0.481 e. The van der Waals surface area contributed by atoms with Crippen molar-refractivity contribution in [1.82, 2.24) is 0 Å². The van der Waals surface area contributed by atoms with Crippen LogP contribution in [-0.2, 0) is 4.79 Å². The first kappa shape index (κ1) is 12.5. The fourth-order valence-corrected chi connectivity index (χ4v) is 2.54. The van der Waals surface area contributed by atoms with Gasteiger partial charge < -0.3 is 5.11 Å². The number of hydrogen-bond acceptors (Lipinski definition) is 3. The third-order valence-electron chi connectivity index (χ3n) is 3.65. The van der Waals surface area contributed by atoms with Crippen molar-refractivity contribution in [3.8, 4) is 0 Å². The Bertz CT molecular complexity index is 447. The van der Waals surface area contributed by atoms with E-state index in [4.69, 9.17) is 5.11 Å². The van der Waals surface area contributed by atoms with Crippen molar-refractivity contribution in [2.24, 2.45) is 5.92 Å². The van der Waals surface area contributed by atoms with Crippen LogP contribution in [0.2, 0.25) is 0 Å². The van der Waals surface area contributed by atoms with Crippen LogP contribution in [0.3, 0.4) is 0 Å². The first-order valence-electron chi connectivity index (χ1n) is 6.05. The minimum Gasteiger partial charge on any atom is -0.481 e. The van der Waals surface area contributed by atoms with Crippen molar-refractivity contribution in [3.63, 3.8) is 0 Å². The van der Waals surface area contributed by atoms with E-state index in [0.717, 1.165) is 18.4 Å². The molecule has 0 heterocycles. The van der Waals surface area contributed by atoms with E-state index < -0.39 is 10.9 Å². The zero-order valence-corrected chi connectivity index (χ0v) is 9.91. The van der Waals surface area contributed by atoms with Gasteiger partial charge in [0.1, 0.15) is 0 Å². The topological polar surface area (TPSA) is 80.4 Å². The van der Waals surface area contributed by atoms with Gasteiger partial charge in [0.15, 0.2) is 0 Å². The highest BCUT2D eigenvalue weighted by atomic mass is 16.6. The summed E-state index contributed by atoms with van der Waals surface area (Å²) in [7, 11) is 0. The first-order chi connectivity index (χ1) is 8.58. The Morgan fingerprint density at radius 3 is 2.17 bits per heavy atom. The summed E-state index contributed by atoms with van der Waals surface area (Å²) in [4.78, 5) is 21.0. The second-order valence-corrected chi connectivity index (χ2v) is 4.74. The average molecular weight is 249 g/mol. The normalized spacial score (nSPS) is 23.6. The number of benzene rings is 1. The van der Waals surface area contributed by atoms with Gasteiger partial charge in [-0.1, -0.05) is 12.1 Å². The molecule has 1 fully saturated rings. The zero-order valence-electron chi connectivity index (χ0n) is 9.91. The number of carboxylic acids is 1. The van der Waals surface area contributed by atoms with Gasteiger partial charge >= 0.3 is 5.97 Å². The third-order valence-corrected chi connectivity index (χ3v) is 3.65. The standard InChI is InChI=1S/C13H15NO4/c15-13(16)11-3-1-9(2-4-11)10-5-7-12(8-6-10)14(17)18/h5-9,11H,1-4H2,(H,15,16). The minimum atomic E-state index is -0.711. The van der Waals surface area contributed by atoms with Gasteiger partial charge in [-0.2, -0.15) is 0 Å². The summed E-state index contributed by atoms with van der Waals surface area (Å²) in [5.41, 5.74) is 1.17. The predicted octanol–water partition coefficient (Wildman–Crippen LogP) is 2.95. The van der Waals surface area contributed by atoms with E-state index in [-0.39, 0.29) is 11.6 Å². The molecule has 0 aromatic heterocycles. The summed E-state index contributed by atoms with van der Waals surface area (Å²) in [6.07, 6.45) is 3.07. The molecule has 18 heavy (non-hydrogen) atoms. The Labute approximate surface area is 105 Å². The molecule has 1 aliphatic carbocycles. The number of nitro benzene ring substituents is 1. The van der Waals surface area contributed by atoms with Crippen molar-refractivity contribution in [2.75, 3.05) is 0 Å². The van der Waals surface area contributed by atoms with Crippen LogP contribution in [0.25, 0.3) is 0 Å². The van der Waals surface area contributed by atoms with Crippen molar-refractivity contribution in [3.05, 3.63) is 39.9 Å². The lowest BCUT2D eigenvalue weighted by molar-refractivity contribution is -0.384. The highest BCUT2D eigenvalue weighted by Gasteiger charge is 2.26. The lowest BCUT2D eigenvalue weighted by Gasteiger charge is -2.26. The number of carboxylic acid groups (broad SMARTS) is 1. The van der Waals surface area contributed by atoms with Crippen LogP contribution in [0.15, 0.2) is 24.3 Å². The molecule has 0 amide bonds. The van der Waals surface area contributed by atoms with E-state index in [0.29, 0.717) is 18.8 Å². The second-order valence-electron chi connectivity index (χ2n) is 4.74. The maximum absolute atomic E-state index is 10.8. The van der Waals surface area contributed by atoms with Crippen LogP contribution in [0.4, 0.5) is 5.69 Å². The number of carbonyl (C=O) groups is 1. The Balaban J connectivity index is 2.01. The van der Waals surface area contributed by atoms with E-state index >= 15 is 0 Å². The molecule has 1 aromatic rings. The van der Waals surface area contributed by atoms with E-state index in [1.54, 1.807) is 12.1 Å². The fraction of sp³-hybridized carbons (Fsp3) is 0.462. The summed E-state index contributed by atoms with van der Waals surface area (Å²) in [5, 5.41) is 19.5. The number of rotatable bonds is 3. The summed E-state index contributed by atoms with van der Waals surface area (Å²) in [6.45, 7) is 0. The summed E-state index contributed by atoms with van der Waals surface area (Å²) in [6, 6.07) is 6.59. The maximum Gasteiger partial charge on any atom is 0.306 e. The molecule has 0 unspecified atom stereocenters. The molecule has 0 atom stereocenters. The quantitative estimate of drug-likeness (QED) is 0.659. The number of non-ortho nitro benzene ring substituents is 1. The molecule has 1 saturated carbocycles. The van der Waals surface area contributed by atoms with Gasteiger partial charge in [0.05, 0.1) is 10.8 Å². The van der Waals surface area contributed by atoms with Crippen LogP contribution in [0.1, 0.15) is 37.2 Å². The van der Waals surface area contributed by atoms with Crippen molar-refractivity contribution >= 4 is 11.7 Å². The molecule has 1 aromatic carbocycles. The number of nitrogens with zero attached hydrogens (tertiary/aromatic N) is 1. The Hall–Kier alpha value is -1.91. The number of nitro groups is 1. The molecule has 0 bridgehead atoms. The molecule has 1 N–H and O–H groups in total. The van der Waals surface area contributed by atoms with Crippen LogP contribution in [-0.4, -0.2) is 16.0 Å². The highest BCUT2D eigenvalue weighted by Crippen LogP contribution is 2.36. The van der Waals surface area contributed by atoms with Gasteiger partial charge in [-0.15, -0.1) is 0 Å². The highest BCUT2D eigenvalue weighted by molar-refractivity contribution is 5.70. The summed E-state index contributed by atoms with van der Waals surface area (Å²) < 4.78 is 0. The van der Waals surface area contributed by atoms with E-state index in [1.165, 1.54) is 12.1 Å². The smallest absolute Gasteiger partial charge is 0.306 e. The van der Waals surface area contributed by atoms with Gasteiger partial charge in [0.25, 0.3) is 5.69 Å². The van der Waals surface area contributed by atoms with E-state index in [9.17, 15) is 14.9 Å². The number of hydrogen-bond donors (Lipinski definition) is 1. The van der Waals surface area contributed by atoms with E-state index in [2.05, 4.69) is 0 Å². The first-order valence-corrected chi connectivity index (χ1v) is 6.05. The van der Waals surface area contributed by atoms with Crippen molar-refractivity contribution in [2.45, 2.75) is 31.6 Å². The van der Waals surface area contributed by atoms with Crippen LogP contribution < -0.4 is 0 Å². The molecular formula is C13H15NO4. The maximum atomic E-state index is 10.8. The Morgan fingerprint density at radius 2 is 1.72 bits per heavy atom. The van der Waals surface area contributed by atoms with E-state index in [1.807, 2.05) is 0 Å². The SMILES string of the molecule is O=C(O)C1CCC(c2ccc([N+](=O)[O-])cc2)CC1. The molecule has 0 aliphatic heterocycles. The second kappa shape index (κ2) is 5.16. The van der Waals surface area contributed by atoms with Gasteiger partial charge in [0, 0.05) is 12.1 Å². The molecular weight excluding hydrogens is 234 g/mol. The van der Waals surface area contributed by atoms with Crippen LogP contribution >= 0.6 is 0 Å². The van der Waals surface area contributed by atoms with Gasteiger partial charge in [0.2, 0.25) is 0 Å². The Kier molecular flexibility index (Phi) is 3.60. The number of aliphatic carboxylic acids is 1. The van der Waals surface area contributed by atoms with Gasteiger partial charge in [-0.25, -0.2) is 0 Å². The van der Waals surface area contributed by atoms with Crippen LogP contribution in [0.5, 0.6) is 0 Å². The van der Waals surface area contributed by atoms with Crippen molar-refractivity contribution in [1.29, 1.82) is 0 Å². The van der Waals surface area contributed by atoms with Crippen LogP contribution in [0, 0.1) is 16.0 Å². The third kappa shape index (κ3) is 2.67. The fourth-order valence-electron chi connectivity index (χ4n) is 2.54. The Morgan fingerprint density at radius 1 is 1.17 bits per heavy atom. The lowest BCUT2D eigenvalue weighted by Crippen LogP contribution is -2.20. The predicted molar refractivity (Wildman–Crippen MR) is 65.4 cm³/mol. The minimum absolute atomic E-state index is 0.0953. The molecule has 0 spiro atoms. The lowest BCUT2D eigenvalue weighted by atomic mass is 9.79. The van der Waals surface area contributed by atoms with Crippen molar-refractivity contribution < 1.29 is 14.8 Å². The molecule has 0 radical (unpaired) electrons. The molecule has 5 heteroatoms. The molecule has 96 valence electrons. The molecule has 0 saturated heterocycles. The van der Waals surface area contributed by atoms with Gasteiger partial charge in [-0.3, -0.25) is 14.9 Å². The average Bonchev–Trinajstić information content (AvgIpc) is 2.39. The molecule has 1 aliphatic rings. The zero-order chi connectivity index (χ0) is 13.1. The molecule has 5 nitrogen and oxygen atoms in total. The molecule has 2 rings (SSSR count). The summed E-state index contributed by atoms with van der Waals surface area (Å²) in [5.74, 6) is -0.599.